The predicted molar refractivity (Wildman–Crippen MR) is 83.9 cm³/mol. The molecule has 2 aromatic rings. The van der Waals surface area contributed by atoms with Crippen LogP contribution < -0.4 is 10.2 Å². The fourth-order valence-electron chi connectivity index (χ4n) is 2.18. The van der Waals surface area contributed by atoms with Crippen molar-refractivity contribution in [2.24, 2.45) is 0 Å². The smallest absolute Gasteiger partial charge is 0.335 e. The Labute approximate surface area is 136 Å². The lowest BCUT2D eigenvalue weighted by Gasteiger charge is -2.26. The highest BCUT2D eigenvalue weighted by molar-refractivity contribution is 6.39. The molecule has 0 atom stereocenters. The second-order valence-corrected chi connectivity index (χ2v) is 5.32. The van der Waals surface area contributed by atoms with Gasteiger partial charge in [0.25, 0.3) is 11.8 Å². The molecular weight excluding hydrogens is 320 g/mol. The van der Waals surface area contributed by atoms with Crippen molar-refractivity contribution in [3.05, 3.63) is 58.5 Å². The average molecular weight is 331 g/mol. The number of anilines is 1. The summed E-state index contributed by atoms with van der Waals surface area (Å²) in [4.78, 5) is 37.4. The van der Waals surface area contributed by atoms with Gasteiger partial charge in [0.2, 0.25) is 0 Å². The molecule has 0 unspecified atom stereocenters. The van der Waals surface area contributed by atoms with Crippen molar-refractivity contribution in [2.75, 3.05) is 4.90 Å². The first kappa shape index (κ1) is 15.1. The Bertz CT molecular complexity index is 853. The summed E-state index contributed by atoms with van der Waals surface area (Å²) in [5.74, 6) is -0.521. The molecule has 116 valence electrons. The summed E-state index contributed by atoms with van der Waals surface area (Å²) in [6.07, 6.45) is 1.30. The second kappa shape index (κ2) is 5.73. The van der Waals surface area contributed by atoms with Gasteiger partial charge in [0.15, 0.2) is 0 Å². The van der Waals surface area contributed by atoms with Gasteiger partial charge in [-0.3, -0.25) is 14.9 Å². The van der Waals surface area contributed by atoms with Gasteiger partial charge in [-0.1, -0.05) is 17.7 Å². The van der Waals surface area contributed by atoms with E-state index in [1.54, 1.807) is 37.3 Å². The maximum absolute atomic E-state index is 12.6. The number of aryl methyl sites for hydroxylation is 1. The number of benzene rings is 1. The summed E-state index contributed by atoms with van der Waals surface area (Å²) in [5, 5.41) is 2.50. The number of rotatable bonds is 2. The summed E-state index contributed by atoms with van der Waals surface area (Å²) in [7, 11) is 0. The van der Waals surface area contributed by atoms with Crippen molar-refractivity contribution in [1.29, 1.82) is 0 Å². The Balaban J connectivity index is 2.02. The molecule has 1 aromatic heterocycles. The van der Waals surface area contributed by atoms with E-state index in [2.05, 4.69) is 5.32 Å². The third-order valence-electron chi connectivity index (χ3n) is 3.22. The van der Waals surface area contributed by atoms with E-state index in [4.69, 9.17) is 16.0 Å². The Kier molecular flexibility index (Phi) is 3.75. The second-order valence-electron chi connectivity index (χ2n) is 4.89. The summed E-state index contributed by atoms with van der Waals surface area (Å²) in [6.45, 7) is 1.74. The van der Waals surface area contributed by atoms with E-state index in [0.717, 1.165) is 4.90 Å². The molecule has 1 N–H and O–H groups in total. The van der Waals surface area contributed by atoms with Crippen LogP contribution in [-0.4, -0.2) is 17.8 Å². The van der Waals surface area contributed by atoms with Crippen LogP contribution in [0.1, 0.15) is 11.5 Å². The molecule has 0 aliphatic carbocycles. The van der Waals surface area contributed by atoms with Gasteiger partial charge in [0.05, 0.1) is 5.69 Å². The van der Waals surface area contributed by atoms with Crippen LogP contribution in [-0.2, 0) is 9.59 Å². The Hall–Kier alpha value is -2.86. The number of hydrogen-bond acceptors (Lipinski definition) is 4. The fourth-order valence-corrected chi connectivity index (χ4v) is 2.36. The molecule has 1 saturated heterocycles. The summed E-state index contributed by atoms with van der Waals surface area (Å²) < 4.78 is 5.34. The molecule has 0 bridgehead atoms. The predicted octanol–water partition coefficient (Wildman–Crippen LogP) is 2.91. The molecule has 23 heavy (non-hydrogen) atoms. The molecule has 6 nitrogen and oxygen atoms in total. The summed E-state index contributed by atoms with van der Waals surface area (Å²) in [5.41, 5.74) is 0.0768. The Morgan fingerprint density at radius 2 is 1.96 bits per heavy atom. The maximum Gasteiger partial charge on any atom is 0.335 e. The van der Waals surface area contributed by atoms with Crippen LogP contribution in [0.25, 0.3) is 6.08 Å². The molecule has 1 aliphatic heterocycles. The van der Waals surface area contributed by atoms with Gasteiger partial charge in [0, 0.05) is 5.02 Å². The van der Waals surface area contributed by atoms with E-state index in [0.29, 0.717) is 16.5 Å². The first-order valence-corrected chi connectivity index (χ1v) is 7.07. The highest BCUT2D eigenvalue weighted by Crippen LogP contribution is 2.24. The van der Waals surface area contributed by atoms with Gasteiger partial charge in [-0.2, -0.15) is 0 Å². The SMILES string of the molecule is Cc1ccc(/C=C2/C(=O)NC(=O)N(c3cccc(Cl)c3)C2=O)o1. The minimum absolute atomic E-state index is 0.195. The van der Waals surface area contributed by atoms with Gasteiger partial charge in [-0.05, 0) is 43.3 Å². The van der Waals surface area contributed by atoms with E-state index >= 15 is 0 Å². The number of carbonyl (C=O) groups excluding carboxylic acids is 3. The quantitative estimate of drug-likeness (QED) is 0.678. The molecule has 4 amide bonds. The normalized spacial score (nSPS) is 16.9. The van der Waals surface area contributed by atoms with E-state index in [9.17, 15) is 14.4 Å². The van der Waals surface area contributed by atoms with Crippen LogP contribution in [0.2, 0.25) is 5.02 Å². The van der Waals surface area contributed by atoms with E-state index < -0.39 is 17.8 Å². The van der Waals surface area contributed by atoms with Crippen molar-refractivity contribution in [3.8, 4) is 0 Å². The molecular formula is C16H11ClN2O4. The van der Waals surface area contributed by atoms with Crippen LogP contribution in [0.3, 0.4) is 0 Å². The highest BCUT2D eigenvalue weighted by atomic mass is 35.5. The molecule has 0 saturated carbocycles. The molecule has 3 rings (SSSR count). The van der Waals surface area contributed by atoms with Crippen molar-refractivity contribution in [1.82, 2.24) is 5.32 Å². The minimum Gasteiger partial charge on any atom is -0.462 e. The lowest BCUT2D eigenvalue weighted by atomic mass is 10.1. The van der Waals surface area contributed by atoms with Crippen LogP contribution in [0.15, 0.2) is 46.4 Å². The fraction of sp³-hybridized carbons (Fsp3) is 0.0625. The molecule has 7 heteroatoms. The van der Waals surface area contributed by atoms with Crippen LogP contribution in [0.4, 0.5) is 10.5 Å². The lowest BCUT2D eigenvalue weighted by Crippen LogP contribution is -2.54. The first-order valence-electron chi connectivity index (χ1n) is 6.69. The number of halogens is 1. The molecule has 2 heterocycles. The number of amides is 4. The largest absolute Gasteiger partial charge is 0.462 e. The van der Waals surface area contributed by atoms with Crippen molar-refractivity contribution < 1.29 is 18.8 Å². The van der Waals surface area contributed by atoms with Gasteiger partial charge in [-0.15, -0.1) is 0 Å². The van der Waals surface area contributed by atoms with Gasteiger partial charge >= 0.3 is 6.03 Å². The van der Waals surface area contributed by atoms with Gasteiger partial charge < -0.3 is 4.42 Å². The van der Waals surface area contributed by atoms with Crippen molar-refractivity contribution >= 4 is 41.2 Å². The number of nitrogens with one attached hydrogen (secondary N) is 1. The summed E-state index contributed by atoms with van der Waals surface area (Å²) >= 11 is 5.89. The topological polar surface area (TPSA) is 79.6 Å². The van der Waals surface area contributed by atoms with Crippen LogP contribution in [0, 0.1) is 6.92 Å². The zero-order chi connectivity index (χ0) is 16.6. The summed E-state index contributed by atoms with van der Waals surface area (Å²) in [6, 6.07) is 8.74. The number of imide groups is 2. The van der Waals surface area contributed by atoms with E-state index in [1.165, 1.54) is 12.1 Å². The number of carbonyl (C=O) groups is 3. The highest BCUT2D eigenvalue weighted by Gasteiger charge is 2.37. The third kappa shape index (κ3) is 2.89. The standard InChI is InChI=1S/C16H11ClN2O4/c1-9-5-6-12(23-9)8-13-14(20)18-16(22)19(15(13)21)11-4-2-3-10(17)7-11/h2-8H,1H3,(H,18,20,22)/b13-8-. The van der Waals surface area contributed by atoms with Crippen molar-refractivity contribution in [3.63, 3.8) is 0 Å². The third-order valence-corrected chi connectivity index (χ3v) is 3.45. The zero-order valence-electron chi connectivity index (χ0n) is 12.0. The van der Waals surface area contributed by atoms with Crippen LogP contribution in [0.5, 0.6) is 0 Å². The molecule has 1 fully saturated rings. The maximum atomic E-state index is 12.6. The van der Waals surface area contributed by atoms with Gasteiger partial charge in [0.1, 0.15) is 17.1 Å². The Morgan fingerprint density at radius 3 is 2.61 bits per heavy atom. The van der Waals surface area contributed by atoms with Gasteiger partial charge in [-0.25, -0.2) is 9.69 Å². The number of hydrogen-bond donors (Lipinski definition) is 1. The molecule has 0 radical (unpaired) electrons. The number of barbiturate groups is 1. The average Bonchev–Trinajstić information content (AvgIpc) is 2.89. The molecule has 1 aliphatic rings. The zero-order valence-corrected chi connectivity index (χ0v) is 12.8. The lowest BCUT2D eigenvalue weighted by molar-refractivity contribution is -0.122. The van der Waals surface area contributed by atoms with Crippen LogP contribution >= 0.6 is 11.6 Å². The molecule has 1 aromatic carbocycles. The minimum atomic E-state index is -0.824. The van der Waals surface area contributed by atoms with Crippen molar-refractivity contribution in [2.45, 2.75) is 6.92 Å². The van der Waals surface area contributed by atoms with E-state index in [-0.39, 0.29) is 11.3 Å². The number of urea groups is 1. The number of nitrogens with zero attached hydrogens (tertiary/aromatic N) is 1. The molecule has 0 spiro atoms. The Morgan fingerprint density at radius 1 is 1.17 bits per heavy atom. The van der Waals surface area contributed by atoms with E-state index in [1.807, 2.05) is 0 Å². The monoisotopic (exact) mass is 330 g/mol. The first-order chi connectivity index (χ1) is 11.0. The number of furan rings is 1.